The van der Waals surface area contributed by atoms with E-state index in [4.69, 9.17) is 4.74 Å². The second-order valence-corrected chi connectivity index (χ2v) is 12.3. The van der Waals surface area contributed by atoms with Crippen LogP contribution >= 0.6 is 11.8 Å². The molecule has 40 heavy (non-hydrogen) atoms. The van der Waals surface area contributed by atoms with Gasteiger partial charge in [0.15, 0.2) is 0 Å². The topological polar surface area (TPSA) is 108 Å². The summed E-state index contributed by atoms with van der Waals surface area (Å²) in [5, 5.41) is 5.94. The van der Waals surface area contributed by atoms with Crippen LogP contribution in [0.25, 0.3) is 0 Å². The van der Waals surface area contributed by atoms with Crippen LogP contribution < -0.4 is 15.5 Å². The maximum Gasteiger partial charge on any atom is 0.410 e. The van der Waals surface area contributed by atoms with E-state index < -0.39 is 29.7 Å². The van der Waals surface area contributed by atoms with Crippen molar-refractivity contribution in [2.24, 2.45) is 0 Å². The Bertz CT molecular complexity index is 1280. The monoisotopic (exact) mass is 566 g/mol. The molecular weight excluding hydrogens is 528 g/mol. The Labute approximate surface area is 240 Å². The molecular formula is C30H38N4O5S. The Morgan fingerprint density at radius 2 is 1.77 bits per heavy atom. The molecule has 10 heteroatoms. The number of thioether (sulfide) groups is 1. The van der Waals surface area contributed by atoms with Crippen molar-refractivity contribution in [2.45, 2.75) is 75.6 Å². The van der Waals surface area contributed by atoms with Crippen LogP contribution in [0.15, 0.2) is 53.4 Å². The Morgan fingerprint density at radius 1 is 1.07 bits per heavy atom. The number of carbonyl (C=O) groups is 4. The summed E-state index contributed by atoms with van der Waals surface area (Å²) < 4.78 is 5.37. The van der Waals surface area contributed by atoms with Gasteiger partial charge in [-0.1, -0.05) is 36.4 Å². The number of nitrogens with one attached hydrogen (secondary N) is 2. The molecule has 2 aliphatic rings. The highest BCUT2D eigenvalue weighted by Crippen LogP contribution is 2.34. The van der Waals surface area contributed by atoms with Crippen molar-refractivity contribution >= 4 is 41.3 Å². The Hall–Kier alpha value is -3.53. The van der Waals surface area contributed by atoms with Crippen LogP contribution in [0.5, 0.6) is 0 Å². The summed E-state index contributed by atoms with van der Waals surface area (Å²) in [5.74, 6) is -0.836. The number of ether oxygens (including phenoxy) is 1. The van der Waals surface area contributed by atoms with Gasteiger partial charge in [-0.2, -0.15) is 0 Å². The van der Waals surface area contributed by atoms with E-state index in [1.54, 1.807) is 27.7 Å². The van der Waals surface area contributed by atoms with E-state index in [1.807, 2.05) is 42.5 Å². The van der Waals surface area contributed by atoms with Crippen LogP contribution in [0.2, 0.25) is 0 Å². The second-order valence-electron chi connectivity index (χ2n) is 11.2. The van der Waals surface area contributed by atoms with Gasteiger partial charge >= 0.3 is 6.09 Å². The number of nitrogens with zero attached hydrogens (tertiary/aromatic N) is 2. The number of aryl methyl sites for hydroxylation is 1. The van der Waals surface area contributed by atoms with E-state index in [0.717, 1.165) is 29.7 Å². The number of carbonyl (C=O) groups excluding carboxylic acids is 4. The molecule has 2 aromatic rings. The Morgan fingerprint density at radius 3 is 2.52 bits per heavy atom. The standard InChI is InChI=1S/C30H38N4O5S/c1-19(33(5)29(38)39-30(2,3)4)27(36)32-23-18-40-25-16-9-8-15-24(25)34(28(23)37)17-26(35)31-22-14-10-12-20-11-6-7-13-21(20)22/h6-9,11,13,15-16,19,22-23H,10,12,14,17-18H2,1-5H3,(H,31,35)(H,32,36)/t19-,22+,23+/m0/s1. The van der Waals surface area contributed by atoms with Gasteiger partial charge in [-0.25, -0.2) is 4.79 Å². The van der Waals surface area contributed by atoms with Gasteiger partial charge in [-0.3, -0.25) is 19.3 Å². The molecule has 1 aliphatic carbocycles. The van der Waals surface area contributed by atoms with Gasteiger partial charge in [0.1, 0.15) is 24.2 Å². The van der Waals surface area contributed by atoms with Crippen LogP contribution in [0.4, 0.5) is 10.5 Å². The van der Waals surface area contributed by atoms with Gasteiger partial charge in [0.2, 0.25) is 11.8 Å². The van der Waals surface area contributed by atoms with Crippen molar-refractivity contribution in [1.82, 2.24) is 15.5 Å². The molecule has 0 saturated heterocycles. The van der Waals surface area contributed by atoms with Crippen LogP contribution in [0, 0.1) is 0 Å². The Kier molecular flexibility index (Phi) is 9.08. The minimum atomic E-state index is -0.886. The largest absolute Gasteiger partial charge is 0.444 e. The van der Waals surface area contributed by atoms with E-state index in [1.165, 1.54) is 34.2 Å². The summed E-state index contributed by atoms with van der Waals surface area (Å²) in [7, 11) is 1.48. The first-order valence-corrected chi connectivity index (χ1v) is 14.6. The molecule has 0 unspecified atom stereocenters. The first-order chi connectivity index (χ1) is 18.9. The molecule has 1 aliphatic heterocycles. The molecule has 0 spiro atoms. The fourth-order valence-corrected chi connectivity index (χ4v) is 5.94. The van der Waals surface area contributed by atoms with Gasteiger partial charge in [-0.15, -0.1) is 11.8 Å². The molecule has 2 N–H and O–H groups in total. The lowest BCUT2D eigenvalue weighted by atomic mass is 9.88. The maximum absolute atomic E-state index is 13.8. The third-order valence-electron chi connectivity index (χ3n) is 7.09. The molecule has 0 saturated carbocycles. The number of rotatable bonds is 6. The fraction of sp³-hybridized carbons (Fsp3) is 0.467. The molecule has 3 atom stereocenters. The molecule has 1 heterocycles. The number of hydrogen-bond donors (Lipinski definition) is 2. The van der Waals surface area contributed by atoms with Crippen LogP contribution in [-0.4, -0.2) is 65.7 Å². The molecule has 0 radical (unpaired) electrons. The quantitative estimate of drug-likeness (QED) is 0.546. The van der Waals surface area contributed by atoms with Crippen molar-refractivity contribution in [3.8, 4) is 0 Å². The Balaban J connectivity index is 1.48. The van der Waals surface area contributed by atoms with E-state index in [2.05, 4.69) is 16.7 Å². The maximum atomic E-state index is 13.8. The number of para-hydroxylation sites is 1. The summed E-state index contributed by atoms with van der Waals surface area (Å²) >= 11 is 1.44. The van der Waals surface area contributed by atoms with Crippen LogP contribution in [-0.2, 0) is 25.5 Å². The van der Waals surface area contributed by atoms with Crippen molar-refractivity contribution in [2.75, 3.05) is 24.2 Å². The van der Waals surface area contributed by atoms with Crippen LogP contribution in [0.1, 0.15) is 57.7 Å². The number of amides is 4. The minimum Gasteiger partial charge on any atom is -0.444 e. The van der Waals surface area contributed by atoms with Gasteiger partial charge in [0, 0.05) is 17.7 Å². The number of likely N-dealkylation sites (N-methyl/N-ethyl adjacent to an activating group) is 1. The first-order valence-electron chi connectivity index (χ1n) is 13.6. The number of benzene rings is 2. The third kappa shape index (κ3) is 6.96. The third-order valence-corrected chi connectivity index (χ3v) is 8.25. The number of hydrogen-bond acceptors (Lipinski definition) is 6. The summed E-state index contributed by atoms with van der Waals surface area (Å²) in [6.45, 7) is 6.66. The van der Waals surface area contributed by atoms with Crippen molar-refractivity contribution in [3.63, 3.8) is 0 Å². The van der Waals surface area contributed by atoms with Crippen molar-refractivity contribution < 1.29 is 23.9 Å². The lowest BCUT2D eigenvalue weighted by Gasteiger charge is -2.30. The second kappa shape index (κ2) is 12.3. The van der Waals surface area contributed by atoms with E-state index in [-0.39, 0.29) is 24.4 Å². The van der Waals surface area contributed by atoms with E-state index in [9.17, 15) is 19.2 Å². The molecule has 2 aromatic carbocycles. The van der Waals surface area contributed by atoms with Gasteiger partial charge in [0.25, 0.3) is 5.91 Å². The molecule has 4 rings (SSSR count). The van der Waals surface area contributed by atoms with Crippen LogP contribution in [0.3, 0.4) is 0 Å². The highest BCUT2D eigenvalue weighted by Gasteiger charge is 2.35. The van der Waals surface area contributed by atoms with Gasteiger partial charge in [0.05, 0.1) is 11.7 Å². The zero-order valence-electron chi connectivity index (χ0n) is 23.7. The number of fused-ring (bicyclic) bond motifs is 2. The summed E-state index contributed by atoms with van der Waals surface area (Å²) in [6, 6.07) is 13.7. The van der Waals surface area contributed by atoms with Gasteiger partial charge < -0.3 is 20.3 Å². The molecule has 0 aromatic heterocycles. The average molecular weight is 567 g/mol. The summed E-state index contributed by atoms with van der Waals surface area (Å²) in [5.41, 5.74) is 2.28. The normalized spacial score (nSPS) is 19.4. The highest BCUT2D eigenvalue weighted by atomic mass is 32.2. The van der Waals surface area contributed by atoms with E-state index in [0.29, 0.717) is 11.4 Å². The van der Waals surface area contributed by atoms with Crippen molar-refractivity contribution in [3.05, 3.63) is 59.7 Å². The lowest BCUT2D eigenvalue weighted by molar-refractivity contribution is -0.130. The molecule has 214 valence electrons. The summed E-state index contributed by atoms with van der Waals surface area (Å²) in [6.07, 6.45) is 2.17. The smallest absolute Gasteiger partial charge is 0.410 e. The first kappa shape index (κ1) is 29.5. The minimum absolute atomic E-state index is 0.108. The zero-order chi connectivity index (χ0) is 29.0. The number of anilines is 1. The molecule has 0 bridgehead atoms. The average Bonchev–Trinajstić information content (AvgIpc) is 3.04. The zero-order valence-corrected chi connectivity index (χ0v) is 24.5. The summed E-state index contributed by atoms with van der Waals surface area (Å²) in [4.78, 5) is 56.2. The molecule has 4 amide bonds. The van der Waals surface area contributed by atoms with Crippen molar-refractivity contribution in [1.29, 1.82) is 0 Å². The highest BCUT2D eigenvalue weighted by molar-refractivity contribution is 7.99. The van der Waals surface area contributed by atoms with Gasteiger partial charge in [-0.05, 0) is 70.2 Å². The molecule has 0 fully saturated rings. The molecule has 9 nitrogen and oxygen atoms in total. The SMILES string of the molecule is C[C@@H](C(=O)N[C@@H]1CSc2ccccc2N(CC(=O)N[C@@H]2CCCc3ccccc32)C1=O)N(C)C(=O)OC(C)(C)C. The fourth-order valence-electron chi connectivity index (χ4n) is 4.87. The predicted octanol–water partition coefficient (Wildman–Crippen LogP) is 4.06. The van der Waals surface area contributed by atoms with E-state index >= 15 is 0 Å². The lowest BCUT2D eigenvalue weighted by Crippen LogP contribution is -2.56. The predicted molar refractivity (Wildman–Crippen MR) is 155 cm³/mol.